The molecule has 0 aliphatic heterocycles. The van der Waals surface area contributed by atoms with Crippen LogP contribution in [0.4, 0.5) is 5.69 Å². The molecule has 0 unspecified atom stereocenters. The van der Waals surface area contributed by atoms with Gasteiger partial charge in [-0.05, 0) is 53.6 Å². The first-order chi connectivity index (χ1) is 13.0. The molecule has 3 nitrogen and oxygen atoms in total. The van der Waals surface area contributed by atoms with Gasteiger partial charge >= 0.3 is 0 Å². The van der Waals surface area contributed by atoms with Crippen LogP contribution in [0.1, 0.15) is 11.1 Å². The van der Waals surface area contributed by atoms with Crippen molar-refractivity contribution in [1.29, 1.82) is 0 Å². The fourth-order valence-electron chi connectivity index (χ4n) is 2.52. The van der Waals surface area contributed by atoms with Crippen LogP contribution < -0.4 is 14.8 Å². The highest BCUT2D eigenvalue weighted by Crippen LogP contribution is 2.28. The van der Waals surface area contributed by atoms with Crippen LogP contribution in [0.3, 0.4) is 0 Å². The number of nitrogens with one attached hydrogen (secondary N) is 1. The standard InChI is InChI=1S/C21H18Cl3NO2/c1-26-21-8-6-16(11-20(21)24)25-12-14-3-2-4-17(9-14)27-13-15-5-7-18(22)19(23)10-15/h2-11,25H,12-13H2,1H3. The van der Waals surface area contributed by atoms with E-state index in [1.165, 1.54) is 0 Å². The van der Waals surface area contributed by atoms with E-state index < -0.39 is 0 Å². The first kappa shape index (κ1) is 19.7. The van der Waals surface area contributed by atoms with Crippen LogP contribution in [0, 0.1) is 0 Å². The van der Waals surface area contributed by atoms with Gasteiger partial charge in [0.15, 0.2) is 0 Å². The summed E-state index contributed by atoms with van der Waals surface area (Å²) >= 11 is 18.1. The molecule has 0 saturated heterocycles. The first-order valence-corrected chi connectivity index (χ1v) is 9.41. The minimum atomic E-state index is 0.419. The number of methoxy groups -OCH3 is 1. The molecule has 0 radical (unpaired) electrons. The lowest BCUT2D eigenvalue weighted by molar-refractivity contribution is 0.306. The molecule has 0 aromatic heterocycles. The monoisotopic (exact) mass is 421 g/mol. The molecule has 0 atom stereocenters. The second kappa shape index (κ2) is 9.23. The average molecular weight is 423 g/mol. The second-order valence-electron chi connectivity index (χ2n) is 5.89. The van der Waals surface area contributed by atoms with E-state index in [1.54, 1.807) is 13.2 Å². The summed E-state index contributed by atoms with van der Waals surface area (Å²) in [5.74, 6) is 1.44. The van der Waals surface area contributed by atoms with Crippen LogP contribution in [-0.4, -0.2) is 7.11 Å². The molecule has 0 fully saturated rings. The average Bonchev–Trinajstić information content (AvgIpc) is 2.68. The number of rotatable bonds is 7. The third-order valence-corrected chi connectivity index (χ3v) is 4.97. The number of hydrogen-bond acceptors (Lipinski definition) is 3. The van der Waals surface area contributed by atoms with Crippen LogP contribution in [0.5, 0.6) is 11.5 Å². The van der Waals surface area contributed by atoms with E-state index in [0.717, 1.165) is 22.6 Å². The molecule has 3 aromatic rings. The molecule has 0 amide bonds. The largest absolute Gasteiger partial charge is 0.495 e. The number of benzene rings is 3. The van der Waals surface area contributed by atoms with E-state index in [9.17, 15) is 0 Å². The molecule has 0 saturated carbocycles. The highest BCUT2D eigenvalue weighted by atomic mass is 35.5. The fraction of sp³-hybridized carbons (Fsp3) is 0.143. The van der Waals surface area contributed by atoms with Gasteiger partial charge in [0.05, 0.1) is 22.2 Å². The predicted octanol–water partition coefficient (Wildman–Crippen LogP) is 6.85. The summed E-state index contributed by atoms with van der Waals surface area (Å²) < 4.78 is 11.0. The van der Waals surface area contributed by atoms with Crippen molar-refractivity contribution in [2.24, 2.45) is 0 Å². The van der Waals surface area contributed by atoms with Crippen LogP contribution >= 0.6 is 34.8 Å². The van der Waals surface area contributed by atoms with Crippen LogP contribution in [0.25, 0.3) is 0 Å². The van der Waals surface area contributed by atoms with Crippen molar-refractivity contribution in [2.75, 3.05) is 12.4 Å². The van der Waals surface area contributed by atoms with Gasteiger partial charge in [-0.3, -0.25) is 0 Å². The lowest BCUT2D eigenvalue weighted by Crippen LogP contribution is -2.01. The van der Waals surface area contributed by atoms with Gasteiger partial charge in [-0.2, -0.15) is 0 Å². The van der Waals surface area contributed by atoms with E-state index in [4.69, 9.17) is 44.3 Å². The van der Waals surface area contributed by atoms with Gasteiger partial charge < -0.3 is 14.8 Å². The van der Waals surface area contributed by atoms with E-state index in [-0.39, 0.29) is 0 Å². The van der Waals surface area contributed by atoms with Crippen molar-refractivity contribution in [3.05, 3.63) is 86.9 Å². The normalized spacial score (nSPS) is 10.5. The minimum absolute atomic E-state index is 0.419. The maximum Gasteiger partial charge on any atom is 0.137 e. The van der Waals surface area contributed by atoms with Gasteiger partial charge in [-0.1, -0.05) is 53.0 Å². The molecule has 3 aromatic carbocycles. The zero-order chi connectivity index (χ0) is 19.2. The quantitative estimate of drug-likeness (QED) is 0.452. The molecule has 6 heteroatoms. The summed E-state index contributed by atoms with van der Waals surface area (Å²) in [6.07, 6.45) is 0. The number of halogens is 3. The van der Waals surface area contributed by atoms with Crippen molar-refractivity contribution in [3.63, 3.8) is 0 Å². The molecule has 27 heavy (non-hydrogen) atoms. The summed E-state index contributed by atoms with van der Waals surface area (Å²) in [6, 6.07) is 19.0. The topological polar surface area (TPSA) is 30.5 Å². The molecule has 0 aliphatic carbocycles. The van der Waals surface area contributed by atoms with Gasteiger partial charge in [0, 0.05) is 12.2 Å². The molecule has 0 heterocycles. The van der Waals surface area contributed by atoms with Gasteiger partial charge in [-0.15, -0.1) is 0 Å². The Labute approximate surface area is 173 Å². The summed E-state index contributed by atoms with van der Waals surface area (Å²) in [7, 11) is 1.60. The van der Waals surface area contributed by atoms with Crippen molar-refractivity contribution in [2.45, 2.75) is 13.2 Å². The van der Waals surface area contributed by atoms with E-state index >= 15 is 0 Å². The Bertz CT molecular complexity index is 931. The molecular weight excluding hydrogens is 405 g/mol. The Morgan fingerprint density at radius 1 is 0.815 bits per heavy atom. The van der Waals surface area contributed by atoms with Crippen molar-refractivity contribution < 1.29 is 9.47 Å². The summed E-state index contributed by atoms with van der Waals surface area (Å²) in [6.45, 7) is 1.06. The van der Waals surface area contributed by atoms with Gasteiger partial charge in [-0.25, -0.2) is 0 Å². The molecule has 0 bridgehead atoms. The third kappa shape index (κ3) is 5.46. The summed E-state index contributed by atoms with van der Waals surface area (Å²) in [5, 5.41) is 4.97. The van der Waals surface area contributed by atoms with Crippen LogP contribution in [0.2, 0.25) is 15.1 Å². The minimum Gasteiger partial charge on any atom is -0.495 e. The van der Waals surface area contributed by atoms with E-state index in [0.29, 0.717) is 34.0 Å². The number of hydrogen-bond donors (Lipinski definition) is 1. The zero-order valence-electron chi connectivity index (χ0n) is 14.6. The van der Waals surface area contributed by atoms with Crippen molar-refractivity contribution >= 4 is 40.5 Å². The van der Waals surface area contributed by atoms with Gasteiger partial charge in [0.1, 0.15) is 18.1 Å². The maximum absolute atomic E-state index is 6.15. The Balaban J connectivity index is 1.60. The van der Waals surface area contributed by atoms with Gasteiger partial charge in [0.2, 0.25) is 0 Å². The molecule has 0 spiro atoms. The SMILES string of the molecule is COc1ccc(NCc2cccc(OCc3ccc(Cl)c(Cl)c3)c2)cc1Cl. The van der Waals surface area contributed by atoms with Crippen LogP contribution in [-0.2, 0) is 13.2 Å². The Kier molecular flexibility index (Phi) is 6.73. The molecule has 1 N–H and O–H groups in total. The van der Waals surface area contributed by atoms with Crippen molar-refractivity contribution in [1.82, 2.24) is 0 Å². The zero-order valence-corrected chi connectivity index (χ0v) is 16.9. The third-order valence-electron chi connectivity index (χ3n) is 3.94. The summed E-state index contributed by atoms with van der Waals surface area (Å²) in [5.41, 5.74) is 2.97. The lowest BCUT2D eigenvalue weighted by Gasteiger charge is -2.11. The van der Waals surface area contributed by atoms with E-state index in [2.05, 4.69) is 5.32 Å². The highest BCUT2D eigenvalue weighted by molar-refractivity contribution is 6.42. The number of ether oxygens (including phenoxy) is 2. The van der Waals surface area contributed by atoms with E-state index in [1.807, 2.05) is 54.6 Å². The molecule has 140 valence electrons. The Morgan fingerprint density at radius 2 is 1.67 bits per heavy atom. The molecule has 0 aliphatic rings. The number of anilines is 1. The smallest absolute Gasteiger partial charge is 0.137 e. The maximum atomic E-state index is 6.15. The highest BCUT2D eigenvalue weighted by Gasteiger charge is 2.04. The second-order valence-corrected chi connectivity index (χ2v) is 7.11. The lowest BCUT2D eigenvalue weighted by atomic mass is 10.2. The molecular formula is C21H18Cl3NO2. The molecule has 3 rings (SSSR count). The van der Waals surface area contributed by atoms with Crippen LogP contribution in [0.15, 0.2) is 60.7 Å². The van der Waals surface area contributed by atoms with Crippen molar-refractivity contribution in [3.8, 4) is 11.5 Å². The Morgan fingerprint density at radius 3 is 2.41 bits per heavy atom. The summed E-state index contributed by atoms with van der Waals surface area (Å²) in [4.78, 5) is 0. The predicted molar refractivity (Wildman–Crippen MR) is 113 cm³/mol. The Hall–Kier alpha value is -2.07. The fourth-order valence-corrected chi connectivity index (χ4v) is 3.10. The van der Waals surface area contributed by atoms with Gasteiger partial charge in [0.25, 0.3) is 0 Å². The first-order valence-electron chi connectivity index (χ1n) is 8.28.